The van der Waals surface area contributed by atoms with Crippen LogP contribution in [0.15, 0.2) is 23.1 Å². The predicted molar refractivity (Wildman–Crippen MR) is 77.6 cm³/mol. The van der Waals surface area contributed by atoms with Crippen molar-refractivity contribution in [2.24, 2.45) is 11.3 Å². The first-order valence-electron chi connectivity index (χ1n) is 6.95. The van der Waals surface area contributed by atoms with Gasteiger partial charge in [0.05, 0.1) is 10.3 Å². The SMILES string of the molecule is O=C(O)[C@@]12CCC[C@H]1CN(S(=O)(=O)c1cc(F)cc(Cl)c1)C2. The van der Waals surface area contributed by atoms with Gasteiger partial charge in [0.15, 0.2) is 0 Å². The molecule has 1 heterocycles. The van der Waals surface area contributed by atoms with Gasteiger partial charge in [0.25, 0.3) is 0 Å². The molecule has 0 spiro atoms. The van der Waals surface area contributed by atoms with E-state index in [-0.39, 0.29) is 28.9 Å². The van der Waals surface area contributed by atoms with E-state index in [1.165, 1.54) is 6.07 Å². The van der Waals surface area contributed by atoms with E-state index in [1.807, 2.05) is 0 Å². The Labute approximate surface area is 132 Å². The molecule has 0 bridgehead atoms. The second-order valence-corrected chi connectivity index (χ2v) is 8.33. The van der Waals surface area contributed by atoms with E-state index < -0.39 is 27.2 Å². The van der Waals surface area contributed by atoms with Crippen molar-refractivity contribution in [3.63, 3.8) is 0 Å². The van der Waals surface area contributed by atoms with Crippen LogP contribution in [-0.4, -0.2) is 36.9 Å². The number of sulfonamides is 1. The number of hydrogen-bond donors (Lipinski definition) is 1. The Balaban J connectivity index is 1.96. The van der Waals surface area contributed by atoms with Gasteiger partial charge in [-0.3, -0.25) is 4.79 Å². The Morgan fingerprint density at radius 1 is 1.41 bits per heavy atom. The van der Waals surface area contributed by atoms with Gasteiger partial charge >= 0.3 is 5.97 Å². The molecule has 0 aromatic heterocycles. The standard InChI is InChI=1S/C14H15ClFNO4S/c15-10-4-11(16)6-12(5-10)22(20,21)17-7-9-2-1-3-14(9,8-17)13(18)19/h4-6,9H,1-3,7-8H2,(H,18,19)/t9-,14+/m0/s1. The average molecular weight is 348 g/mol. The van der Waals surface area contributed by atoms with Crippen molar-refractivity contribution in [1.82, 2.24) is 4.31 Å². The molecule has 0 amide bonds. The molecule has 1 saturated carbocycles. The number of carboxylic acid groups (broad SMARTS) is 1. The van der Waals surface area contributed by atoms with Crippen molar-refractivity contribution in [2.75, 3.05) is 13.1 Å². The van der Waals surface area contributed by atoms with E-state index in [0.29, 0.717) is 12.8 Å². The Morgan fingerprint density at radius 3 is 2.73 bits per heavy atom. The maximum Gasteiger partial charge on any atom is 0.311 e. The monoisotopic (exact) mass is 347 g/mol. The summed E-state index contributed by atoms with van der Waals surface area (Å²) in [6.07, 6.45) is 1.96. The zero-order chi connectivity index (χ0) is 16.1. The third kappa shape index (κ3) is 2.31. The van der Waals surface area contributed by atoms with E-state index >= 15 is 0 Å². The zero-order valence-corrected chi connectivity index (χ0v) is 13.2. The van der Waals surface area contributed by atoms with Gasteiger partial charge in [-0.25, -0.2) is 12.8 Å². The van der Waals surface area contributed by atoms with Gasteiger partial charge in [-0.2, -0.15) is 4.31 Å². The number of halogens is 2. The molecule has 1 aromatic rings. The molecule has 1 aliphatic heterocycles. The first-order valence-corrected chi connectivity index (χ1v) is 8.77. The van der Waals surface area contributed by atoms with Crippen molar-refractivity contribution in [3.05, 3.63) is 29.0 Å². The fourth-order valence-electron chi connectivity index (χ4n) is 3.60. The molecule has 1 aliphatic carbocycles. The van der Waals surface area contributed by atoms with Gasteiger partial charge in [-0.05, 0) is 37.0 Å². The number of hydrogen-bond acceptors (Lipinski definition) is 3. The van der Waals surface area contributed by atoms with E-state index in [1.54, 1.807) is 0 Å². The molecular weight excluding hydrogens is 333 g/mol. The molecule has 1 N–H and O–H groups in total. The summed E-state index contributed by atoms with van der Waals surface area (Å²) in [5, 5.41) is 9.51. The molecule has 0 radical (unpaired) electrons. The minimum atomic E-state index is -3.95. The number of nitrogens with zero attached hydrogens (tertiary/aromatic N) is 1. The minimum Gasteiger partial charge on any atom is -0.481 e. The smallest absolute Gasteiger partial charge is 0.311 e. The number of aliphatic carboxylic acids is 1. The highest BCUT2D eigenvalue weighted by Gasteiger charge is 2.57. The maximum absolute atomic E-state index is 13.4. The molecule has 2 fully saturated rings. The highest BCUT2D eigenvalue weighted by atomic mass is 35.5. The summed E-state index contributed by atoms with van der Waals surface area (Å²) in [5.74, 6) is -1.88. The number of benzene rings is 1. The van der Waals surface area contributed by atoms with Gasteiger partial charge in [-0.1, -0.05) is 18.0 Å². The largest absolute Gasteiger partial charge is 0.481 e. The van der Waals surface area contributed by atoms with Crippen molar-refractivity contribution >= 4 is 27.6 Å². The van der Waals surface area contributed by atoms with Gasteiger partial charge in [0.2, 0.25) is 10.0 Å². The molecule has 2 aliphatic rings. The summed E-state index contributed by atoms with van der Waals surface area (Å²) in [5.41, 5.74) is -1.01. The van der Waals surface area contributed by atoms with Crippen LogP contribution in [-0.2, 0) is 14.8 Å². The van der Waals surface area contributed by atoms with Gasteiger partial charge < -0.3 is 5.11 Å². The summed E-state index contributed by atoms with van der Waals surface area (Å²) in [7, 11) is -3.95. The quantitative estimate of drug-likeness (QED) is 0.910. The molecule has 5 nitrogen and oxygen atoms in total. The molecule has 8 heteroatoms. The molecule has 22 heavy (non-hydrogen) atoms. The van der Waals surface area contributed by atoms with Crippen LogP contribution in [0.2, 0.25) is 5.02 Å². The first-order chi connectivity index (χ1) is 10.3. The lowest BCUT2D eigenvalue weighted by molar-refractivity contribution is -0.149. The lowest BCUT2D eigenvalue weighted by Gasteiger charge is -2.23. The topological polar surface area (TPSA) is 74.7 Å². The Hall–Kier alpha value is -1.18. The van der Waals surface area contributed by atoms with Crippen LogP contribution in [0.4, 0.5) is 4.39 Å². The Morgan fingerprint density at radius 2 is 2.14 bits per heavy atom. The fourth-order valence-corrected chi connectivity index (χ4v) is 5.50. The van der Waals surface area contributed by atoms with Gasteiger partial charge in [-0.15, -0.1) is 0 Å². The first kappa shape index (κ1) is 15.7. The molecule has 1 saturated heterocycles. The molecular formula is C14H15ClFNO4S. The number of carboxylic acids is 1. The zero-order valence-electron chi connectivity index (χ0n) is 11.6. The number of rotatable bonds is 3. The molecule has 3 rings (SSSR count). The summed E-state index contributed by atoms with van der Waals surface area (Å²) in [6.45, 7) is 0.0895. The second kappa shape index (κ2) is 5.18. The normalized spacial score (nSPS) is 28.7. The predicted octanol–water partition coefficient (Wildman–Crippen LogP) is 2.35. The second-order valence-electron chi connectivity index (χ2n) is 5.95. The number of fused-ring (bicyclic) bond motifs is 1. The van der Waals surface area contributed by atoms with Crippen LogP contribution < -0.4 is 0 Å². The fraction of sp³-hybridized carbons (Fsp3) is 0.500. The van der Waals surface area contributed by atoms with E-state index in [2.05, 4.69) is 0 Å². The van der Waals surface area contributed by atoms with Crippen LogP contribution in [0.25, 0.3) is 0 Å². The summed E-state index contributed by atoms with van der Waals surface area (Å²) >= 11 is 5.72. The van der Waals surface area contributed by atoms with Gasteiger partial charge in [0, 0.05) is 18.1 Å². The third-order valence-corrected chi connectivity index (χ3v) is 6.75. The number of carbonyl (C=O) groups is 1. The maximum atomic E-state index is 13.4. The van der Waals surface area contributed by atoms with E-state index in [0.717, 1.165) is 22.9 Å². The minimum absolute atomic E-state index is 0.00841. The third-order valence-electron chi connectivity index (χ3n) is 4.74. The van der Waals surface area contributed by atoms with Crippen LogP contribution in [0.3, 0.4) is 0 Å². The molecule has 1 aromatic carbocycles. The van der Waals surface area contributed by atoms with Crippen molar-refractivity contribution in [3.8, 4) is 0 Å². The summed E-state index contributed by atoms with van der Waals surface area (Å²) in [4.78, 5) is 11.4. The van der Waals surface area contributed by atoms with E-state index in [4.69, 9.17) is 11.6 Å². The van der Waals surface area contributed by atoms with Gasteiger partial charge in [0.1, 0.15) is 5.82 Å². The van der Waals surface area contributed by atoms with Crippen LogP contribution in [0, 0.1) is 17.2 Å². The highest BCUT2D eigenvalue weighted by molar-refractivity contribution is 7.89. The summed E-state index contributed by atoms with van der Waals surface area (Å²) in [6, 6.07) is 3.11. The van der Waals surface area contributed by atoms with Crippen molar-refractivity contribution < 1.29 is 22.7 Å². The molecule has 2 atom stereocenters. The lowest BCUT2D eigenvalue weighted by atomic mass is 9.81. The molecule has 0 unspecified atom stereocenters. The van der Waals surface area contributed by atoms with Crippen LogP contribution in [0.1, 0.15) is 19.3 Å². The lowest BCUT2D eigenvalue weighted by Crippen LogP contribution is -2.37. The van der Waals surface area contributed by atoms with E-state index in [9.17, 15) is 22.7 Å². The van der Waals surface area contributed by atoms with Crippen molar-refractivity contribution in [2.45, 2.75) is 24.2 Å². The average Bonchev–Trinajstić information content (AvgIpc) is 2.94. The molecule has 120 valence electrons. The highest BCUT2D eigenvalue weighted by Crippen LogP contribution is 2.50. The van der Waals surface area contributed by atoms with Crippen LogP contribution >= 0.6 is 11.6 Å². The Kier molecular flexibility index (Phi) is 3.70. The van der Waals surface area contributed by atoms with Crippen molar-refractivity contribution in [1.29, 1.82) is 0 Å². The summed E-state index contributed by atoms with van der Waals surface area (Å²) < 4.78 is 39.9. The van der Waals surface area contributed by atoms with Crippen LogP contribution in [0.5, 0.6) is 0 Å². The Bertz CT molecular complexity index is 718.